The third-order valence-electron chi connectivity index (χ3n) is 2.35. The summed E-state index contributed by atoms with van der Waals surface area (Å²) in [5.41, 5.74) is 0. The van der Waals surface area contributed by atoms with Crippen molar-refractivity contribution in [3.63, 3.8) is 0 Å². The minimum Gasteiger partial charge on any atom is -0.394 e. The van der Waals surface area contributed by atoms with Crippen LogP contribution in [0.25, 0.3) is 0 Å². The standard InChI is InChI=1S/C9H12ClN3O2/c10-8-1-2-9(12-11-8)13-3-4-15-6-7(13)5-14/h1-2,7,14H,3-6H2. The van der Waals surface area contributed by atoms with Crippen LogP contribution in [0.1, 0.15) is 0 Å². The van der Waals surface area contributed by atoms with Crippen molar-refractivity contribution >= 4 is 17.4 Å². The van der Waals surface area contributed by atoms with Gasteiger partial charge in [0.25, 0.3) is 0 Å². The van der Waals surface area contributed by atoms with E-state index in [4.69, 9.17) is 16.3 Å². The summed E-state index contributed by atoms with van der Waals surface area (Å²) in [5, 5.41) is 17.3. The summed E-state index contributed by atoms with van der Waals surface area (Å²) in [5.74, 6) is 0.724. The molecule has 0 aromatic carbocycles. The van der Waals surface area contributed by atoms with Crippen molar-refractivity contribution in [2.24, 2.45) is 0 Å². The molecule has 1 fully saturated rings. The fraction of sp³-hybridized carbons (Fsp3) is 0.556. The van der Waals surface area contributed by atoms with Gasteiger partial charge in [0.05, 0.1) is 25.9 Å². The Bertz CT molecular complexity index is 320. The number of hydrogen-bond acceptors (Lipinski definition) is 5. The van der Waals surface area contributed by atoms with Crippen molar-refractivity contribution in [2.75, 3.05) is 31.3 Å². The third kappa shape index (κ3) is 2.37. The van der Waals surface area contributed by atoms with Gasteiger partial charge in [-0.05, 0) is 12.1 Å². The Labute approximate surface area is 92.6 Å². The molecule has 0 aliphatic carbocycles. The number of rotatable bonds is 2. The monoisotopic (exact) mass is 229 g/mol. The number of nitrogens with zero attached hydrogens (tertiary/aromatic N) is 3. The molecule has 0 radical (unpaired) electrons. The van der Waals surface area contributed by atoms with Gasteiger partial charge < -0.3 is 14.7 Å². The normalized spacial score (nSPS) is 21.7. The first kappa shape index (κ1) is 10.6. The van der Waals surface area contributed by atoms with Crippen LogP contribution in [0, 0.1) is 0 Å². The van der Waals surface area contributed by atoms with Crippen molar-refractivity contribution in [3.8, 4) is 0 Å². The van der Waals surface area contributed by atoms with Crippen LogP contribution >= 0.6 is 11.6 Å². The van der Waals surface area contributed by atoms with Crippen molar-refractivity contribution in [1.29, 1.82) is 0 Å². The Hall–Kier alpha value is -0.910. The molecule has 1 saturated heterocycles. The molecule has 1 atom stereocenters. The van der Waals surface area contributed by atoms with E-state index in [0.717, 1.165) is 5.82 Å². The van der Waals surface area contributed by atoms with Crippen molar-refractivity contribution in [2.45, 2.75) is 6.04 Å². The molecule has 1 aliphatic heterocycles. The van der Waals surface area contributed by atoms with Crippen molar-refractivity contribution in [1.82, 2.24) is 10.2 Å². The second-order valence-corrected chi connectivity index (χ2v) is 3.71. The first-order valence-corrected chi connectivity index (χ1v) is 5.13. The molecule has 6 heteroatoms. The molecular weight excluding hydrogens is 218 g/mol. The summed E-state index contributed by atoms with van der Waals surface area (Å²) >= 11 is 5.65. The van der Waals surface area contributed by atoms with Crippen molar-refractivity contribution in [3.05, 3.63) is 17.3 Å². The Morgan fingerprint density at radius 2 is 2.40 bits per heavy atom. The van der Waals surface area contributed by atoms with Gasteiger partial charge in [-0.3, -0.25) is 0 Å². The quantitative estimate of drug-likeness (QED) is 0.792. The number of ether oxygens (including phenoxy) is 1. The highest BCUT2D eigenvalue weighted by atomic mass is 35.5. The Kier molecular flexibility index (Phi) is 3.35. The van der Waals surface area contributed by atoms with E-state index in [1.165, 1.54) is 0 Å². The molecule has 1 aromatic heterocycles. The second kappa shape index (κ2) is 4.74. The van der Waals surface area contributed by atoms with E-state index in [-0.39, 0.29) is 12.6 Å². The average molecular weight is 230 g/mol. The lowest BCUT2D eigenvalue weighted by atomic mass is 10.2. The number of morpholine rings is 1. The van der Waals surface area contributed by atoms with Gasteiger partial charge in [0.15, 0.2) is 11.0 Å². The summed E-state index contributed by atoms with van der Waals surface area (Å²) in [7, 11) is 0. The van der Waals surface area contributed by atoms with Crippen LogP contribution in [0.3, 0.4) is 0 Å². The predicted molar refractivity (Wildman–Crippen MR) is 56.1 cm³/mol. The fourth-order valence-corrected chi connectivity index (χ4v) is 1.67. The van der Waals surface area contributed by atoms with E-state index in [9.17, 15) is 5.11 Å². The highest BCUT2D eigenvalue weighted by molar-refractivity contribution is 6.29. The minimum absolute atomic E-state index is 0.0459. The van der Waals surface area contributed by atoms with Crippen LogP contribution in [0.2, 0.25) is 5.15 Å². The largest absolute Gasteiger partial charge is 0.394 e. The molecule has 5 nitrogen and oxygen atoms in total. The summed E-state index contributed by atoms with van der Waals surface area (Å²) in [6, 6.07) is 3.44. The highest BCUT2D eigenvalue weighted by Gasteiger charge is 2.23. The fourth-order valence-electron chi connectivity index (χ4n) is 1.57. The van der Waals surface area contributed by atoms with Crippen LogP contribution in [0.4, 0.5) is 5.82 Å². The smallest absolute Gasteiger partial charge is 0.151 e. The maximum Gasteiger partial charge on any atom is 0.151 e. The number of halogens is 1. The van der Waals surface area contributed by atoms with Crippen LogP contribution in [0.5, 0.6) is 0 Å². The summed E-state index contributed by atoms with van der Waals surface area (Å²) in [6.45, 7) is 1.91. The van der Waals surface area contributed by atoms with Gasteiger partial charge >= 0.3 is 0 Å². The number of aliphatic hydroxyl groups is 1. The number of anilines is 1. The van der Waals surface area contributed by atoms with E-state index in [2.05, 4.69) is 10.2 Å². The zero-order valence-electron chi connectivity index (χ0n) is 8.14. The van der Waals surface area contributed by atoms with Gasteiger partial charge in [-0.1, -0.05) is 11.6 Å². The molecular formula is C9H12ClN3O2. The van der Waals surface area contributed by atoms with Gasteiger partial charge in [0.2, 0.25) is 0 Å². The van der Waals surface area contributed by atoms with Crippen molar-refractivity contribution < 1.29 is 9.84 Å². The molecule has 15 heavy (non-hydrogen) atoms. The molecule has 1 unspecified atom stereocenters. The molecule has 2 rings (SSSR count). The summed E-state index contributed by atoms with van der Waals surface area (Å²) in [6.07, 6.45) is 0. The Morgan fingerprint density at radius 1 is 1.53 bits per heavy atom. The average Bonchev–Trinajstić information content (AvgIpc) is 2.30. The highest BCUT2D eigenvalue weighted by Crippen LogP contribution is 2.17. The number of aromatic nitrogens is 2. The van der Waals surface area contributed by atoms with E-state index >= 15 is 0 Å². The SMILES string of the molecule is OCC1COCCN1c1ccc(Cl)nn1. The zero-order chi connectivity index (χ0) is 10.7. The molecule has 1 aliphatic rings. The van der Waals surface area contributed by atoms with Gasteiger partial charge in [-0.15, -0.1) is 10.2 Å². The third-order valence-corrected chi connectivity index (χ3v) is 2.55. The maximum absolute atomic E-state index is 9.18. The lowest BCUT2D eigenvalue weighted by Crippen LogP contribution is -2.48. The summed E-state index contributed by atoms with van der Waals surface area (Å²) < 4.78 is 5.27. The molecule has 1 aromatic rings. The van der Waals surface area contributed by atoms with Gasteiger partial charge in [0.1, 0.15) is 0 Å². The van der Waals surface area contributed by atoms with E-state index in [0.29, 0.717) is 24.9 Å². The lowest BCUT2D eigenvalue weighted by molar-refractivity contribution is 0.0722. The van der Waals surface area contributed by atoms with E-state index in [1.54, 1.807) is 12.1 Å². The molecule has 82 valence electrons. The number of aliphatic hydroxyl groups excluding tert-OH is 1. The van der Waals surface area contributed by atoms with Gasteiger partial charge in [-0.25, -0.2) is 0 Å². The first-order chi connectivity index (χ1) is 7.31. The molecule has 2 heterocycles. The van der Waals surface area contributed by atoms with Gasteiger partial charge in [-0.2, -0.15) is 0 Å². The second-order valence-electron chi connectivity index (χ2n) is 3.32. The van der Waals surface area contributed by atoms with Crippen LogP contribution in [-0.4, -0.2) is 47.7 Å². The molecule has 0 bridgehead atoms. The van der Waals surface area contributed by atoms with E-state index < -0.39 is 0 Å². The Balaban J connectivity index is 2.16. The lowest BCUT2D eigenvalue weighted by Gasteiger charge is -2.34. The maximum atomic E-state index is 9.18. The Morgan fingerprint density at radius 3 is 3.07 bits per heavy atom. The van der Waals surface area contributed by atoms with Gasteiger partial charge in [0, 0.05) is 6.54 Å². The first-order valence-electron chi connectivity index (χ1n) is 4.75. The molecule has 1 N–H and O–H groups in total. The minimum atomic E-state index is -0.0470. The molecule has 0 saturated carbocycles. The molecule has 0 amide bonds. The van der Waals surface area contributed by atoms with Crippen LogP contribution in [-0.2, 0) is 4.74 Å². The molecule has 0 spiro atoms. The zero-order valence-corrected chi connectivity index (χ0v) is 8.89. The topological polar surface area (TPSA) is 58.5 Å². The van der Waals surface area contributed by atoms with Crippen LogP contribution < -0.4 is 4.90 Å². The number of hydrogen-bond donors (Lipinski definition) is 1. The van der Waals surface area contributed by atoms with E-state index in [1.807, 2.05) is 4.90 Å². The predicted octanol–water partition coefficient (Wildman–Crippen LogP) is 0.327. The summed E-state index contributed by atoms with van der Waals surface area (Å²) in [4.78, 5) is 1.98. The van der Waals surface area contributed by atoms with Crippen LogP contribution in [0.15, 0.2) is 12.1 Å².